The average molecular weight is 430 g/mol. The molecule has 1 aromatic carbocycles. The summed E-state index contributed by atoms with van der Waals surface area (Å²) in [5.41, 5.74) is 4.13. The molecule has 5 rings (SSSR count). The maximum absolute atomic E-state index is 15.0. The van der Waals surface area contributed by atoms with Crippen LogP contribution in [0.3, 0.4) is 0 Å². The molecule has 160 valence electrons. The van der Waals surface area contributed by atoms with Crippen LogP contribution in [0.15, 0.2) is 35.3 Å². The Kier molecular flexibility index (Phi) is 4.13. The highest BCUT2D eigenvalue weighted by molar-refractivity contribution is 5.92. The molecule has 3 aromatic rings. The van der Waals surface area contributed by atoms with Gasteiger partial charge in [0.2, 0.25) is 5.43 Å². The summed E-state index contributed by atoms with van der Waals surface area (Å²) in [6, 6.07) is 3.48. The number of benzene rings is 1. The van der Waals surface area contributed by atoms with E-state index in [2.05, 4.69) is 4.98 Å². The van der Waals surface area contributed by atoms with Crippen molar-refractivity contribution >= 4 is 22.8 Å². The largest absolute Gasteiger partial charge is 0.477 e. The van der Waals surface area contributed by atoms with Crippen molar-refractivity contribution in [3.63, 3.8) is 0 Å². The van der Waals surface area contributed by atoms with Crippen molar-refractivity contribution in [3.8, 4) is 5.69 Å². The SMILES string of the molecule is NC1CN(c2nc3c(cc2F)c(=O)c(C(=O)O)cn3-c2ccc(F)cc2F)CC12CC2. The minimum atomic E-state index is -1.56. The lowest BCUT2D eigenvalue weighted by Crippen LogP contribution is -2.30. The van der Waals surface area contributed by atoms with Gasteiger partial charge in [-0.05, 0) is 31.0 Å². The number of halogens is 3. The summed E-state index contributed by atoms with van der Waals surface area (Å²) in [5, 5.41) is 9.07. The van der Waals surface area contributed by atoms with Gasteiger partial charge in [-0.15, -0.1) is 0 Å². The van der Waals surface area contributed by atoms with E-state index in [1.165, 1.54) is 0 Å². The third kappa shape index (κ3) is 2.97. The number of aromatic nitrogens is 2. The van der Waals surface area contributed by atoms with Crippen LogP contribution in [0.2, 0.25) is 0 Å². The van der Waals surface area contributed by atoms with Gasteiger partial charge in [0, 0.05) is 36.8 Å². The van der Waals surface area contributed by atoms with Crippen LogP contribution >= 0.6 is 0 Å². The third-order valence-corrected chi connectivity index (χ3v) is 6.21. The lowest BCUT2D eigenvalue weighted by atomic mass is 10.0. The van der Waals surface area contributed by atoms with E-state index in [0.717, 1.165) is 41.8 Å². The number of aromatic carboxylic acids is 1. The zero-order valence-electron chi connectivity index (χ0n) is 16.1. The van der Waals surface area contributed by atoms with E-state index in [0.29, 0.717) is 19.2 Å². The second-order valence-electron chi connectivity index (χ2n) is 8.16. The number of carboxylic acids is 1. The fraction of sp³-hybridized carbons (Fsp3) is 0.286. The highest BCUT2D eigenvalue weighted by atomic mass is 19.1. The third-order valence-electron chi connectivity index (χ3n) is 6.21. The first-order chi connectivity index (χ1) is 14.7. The van der Waals surface area contributed by atoms with Crippen LogP contribution in [0.1, 0.15) is 23.2 Å². The van der Waals surface area contributed by atoms with Crippen LogP contribution in [-0.2, 0) is 0 Å². The summed E-state index contributed by atoms with van der Waals surface area (Å²) >= 11 is 0. The number of hydrogen-bond donors (Lipinski definition) is 2. The number of carboxylic acid groups (broad SMARTS) is 1. The van der Waals surface area contributed by atoms with Crippen LogP contribution in [-0.4, -0.2) is 39.8 Å². The molecule has 0 bridgehead atoms. The van der Waals surface area contributed by atoms with E-state index < -0.39 is 34.4 Å². The second kappa shape index (κ2) is 6.55. The Balaban J connectivity index is 1.77. The van der Waals surface area contributed by atoms with Gasteiger partial charge >= 0.3 is 5.97 Å². The van der Waals surface area contributed by atoms with Crippen LogP contribution in [0.25, 0.3) is 16.7 Å². The van der Waals surface area contributed by atoms with E-state index in [1.54, 1.807) is 4.90 Å². The highest BCUT2D eigenvalue weighted by Crippen LogP contribution is 2.52. The molecule has 1 unspecified atom stereocenters. The molecule has 1 spiro atoms. The predicted molar refractivity (Wildman–Crippen MR) is 106 cm³/mol. The molecule has 0 amide bonds. The zero-order valence-corrected chi connectivity index (χ0v) is 16.1. The molecule has 1 saturated heterocycles. The molecule has 2 aliphatic rings. The van der Waals surface area contributed by atoms with Gasteiger partial charge in [0.15, 0.2) is 17.3 Å². The first kappa shape index (κ1) is 19.6. The number of hydrogen-bond acceptors (Lipinski definition) is 5. The van der Waals surface area contributed by atoms with Crippen molar-refractivity contribution in [2.45, 2.75) is 18.9 Å². The molecule has 2 aromatic heterocycles. The normalized spacial score (nSPS) is 19.4. The van der Waals surface area contributed by atoms with Gasteiger partial charge in [0.25, 0.3) is 0 Å². The molecule has 1 aliphatic heterocycles. The van der Waals surface area contributed by atoms with Gasteiger partial charge in [0.1, 0.15) is 17.2 Å². The Bertz CT molecular complexity index is 1320. The second-order valence-corrected chi connectivity index (χ2v) is 8.16. The van der Waals surface area contributed by atoms with Crippen LogP contribution < -0.4 is 16.1 Å². The smallest absolute Gasteiger partial charge is 0.341 e. The van der Waals surface area contributed by atoms with Crippen LogP contribution in [0.4, 0.5) is 19.0 Å². The van der Waals surface area contributed by atoms with E-state index in [4.69, 9.17) is 5.73 Å². The molecule has 2 fully saturated rings. The number of nitrogens with two attached hydrogens (primary N) is 1. The van der Waals surface area contributed by atoms with Gasteiger partial charge in [-0.2, -0.15) is 0 Å². The van der Waals surface area contributed by atoms with E-state index in [9.17, 15) is 27.9 Å². The number of rotatable bonds is 3. The molecule has 7 nitrogen and oxygen atoms in total. The molecular weight excluding hydrogens is 413 g/mol. The molecule has 1 atom stereocenters. The predicted octanol–water partition coefficient (Wildman–Crippen LogP) is 2.43. The van der Waals surface area contributed by atoms with Gasteiger partial charge in [-0.3, -0.25) is 9.36 Å². The van der Waals surface area contributed by atoms with Gasteiger partial charge in [-0.25, -0.2) is 22.9 Å². The summed E-state index contributed by atoms with van der Waals surface area (Å²) in [7, 11) is 0. The topological polar surface area (TPSA) is 101 Å². The molecule has 10 heteroatoms. The Hall–Kier alpha value is -3.40. The number of nitrogens with zero attached hydrogens (tertiary/aromatic N) is 3. The lowest BCUT2D eigenvalue weighted by Gasteiger charge is -2.20. The number of carbonyl (C=O) groups is 1. The molecule has 1 saturated carbocycles. The summed E-state index contributed by atoms with van der Waals surface area (Å²) in [5.74, 6) is -4.23. The summed E-state index contributed by atoms with van der Waals surface area (Å²) < 4.78 is 43.9. The maximum Gasteiger partial charge on any atom is 0.341 e. The first-order valence-electron chi connectivity index (χ1n) is 9.65. The zero-order chi connectivity index (χ0) is 22.1. The van der Waals surface area contributed by atoms with Crippen molar-refractivity contribution < 1.29 is 23.1 Å². The Labute approximate surface area is 173 Å². The monoisotopic (exact) mass is 430 g/mol. The minimum Gasteiger partial charge on any atom is -0.477 e. The van der Waals surface area contributed by atoms with Crippen LogP contribution in [0.5, 0.6) is 0 Å². The number of pyridine rings is 2. The van der Waals surface area contributed by atoms with Crippen molar-refractivity contribution in [1.82, 2.24) is 9.55 Å². The van der Waals surface area contributed by atoms with Gasteiger partial charge < -0.3 is 15.7 Å². The molecule has 31 heavy (non-hydrogen) atoms. The Morgan fingerprint density at radius 2 is 1.94 bits per heavy atom. The Morgan fingerprint density at radius 3 is 2.55 bits per heavy atom. The molecular formula is C21H17F3N4O3. The van der Waals surface area contributed by atoms with Gasteiger partial charge in [-0.1, -0.05) is 0 Å². The molecule has 1 aliphatic carbocycles. The van der Waals surface area contributed by atoms with Crippen molar-refractivity contribution in [2.75, 3.05) is 18.0 Å². The van der Waals surface area contributed by atoms with Crippen molar-refractivity contribution in [2.24, 2.45) is 11.1 Å². The highest BCUT2D eigenvalue weighted by Gasteiger charge is 2.54. The van der Waals surface area contributed by atoms with Crippen LogP contribution in [0, 0.1) is 22.9 Å². The number of fused-ring (bicyclic) bond motifs is 1. The van der Waals surface area contributed by atoms with E-state index >= 15 is 0 Å². The minimum absolute atomic E-state index is 0.0505. The average Bonchev–Trinajstić information content (AvgIpc) is 3.41. The van der Waals surface area contributed by atoms with E-state index in [1.807, 2.05) is 0 Å². The number of anilines is 1. The molecule has 0 radical (unpaired) electrons. The molecule has 3 N–H and O–H groups in total. The fourth-order valence-corrected chi connectivity index (χ4v) is 4.29. The Morgan fingerprint density at radius 1 is 1.19 bits per heavy atom. The standard InChI is InChI=1S/C21H17F3N4O3/c22-10-1-2-15(13(23)5-10)28-7-12(20(30)31)17(29)11-6-14(24)19(26-18(11)28)27-8-16(25)21(9-27)3-4-21/h1-2,5-7,16H,3-4,8-9,25H2,(H,30,31). The summed E-state index contributed by atoms with van der Waals surface area (Å²) in [6.45, 7) is 0.879. The quantitative estimate of drug-likeness (QED) is 0.662. The van der Waals surface area contributed by atoms with Gasteiger partial charge in [0.05, 0.1) is 11.1 Å². The van der Waals surface area contributed by atoms with E-state index in [-0.39, 0.29) is 34.0 Å². The molecule has 3 heterocycles. The van der Waals surface area contributed by atoms with Crippen molar-refractivity contribution in [3.05, 3.63) is 63.7 Å². The lowest BCUT2D eigenvalue weighted by molar-refractivity contribution is 0.0695. The van der Waals surface area contributed by atoms with Crippen molar-refractivity contribution in [1.29, 1.82) is 0 Å². The maximum atomic E-state index is 15.0. The summed E-state index contributed by atoms with van der Waals surface area (Å²) in [4.78, 5) is 30.2. The summed E-state index contributed by atoms with van der Waals surface area (Å²) in [6.07, 6.45) is 2.79. The first-order valence-corrected chi connectivity index (χ1v) is 9.65. The fourth-order valence-electron chi connectivity index (χ4n) is 4.29.